The van der Waals surface area contributed by atoms with Crippen molar-refractivity contribution in [1.29, 1.82) is 0 Å². The molecule has 15 heavy (non-hydrogen) atoms. The van der Waals surface area contributed by atoms with E-state index in [4.69, 9.17) is 0 Å². The third-order valence-electron chi connectivity index (χ3n) is 3.47. The third kappa shape index (κ3) is 6.16. The lowest BCUT2D eigenvalue weighted by atomic mass is 9.87. The van der Waals surface area contributed by atoms with E-state index in [2.05, 4.69) is 24.5 Å². The van der Waals surface area contributed by atoms with Crippen molar-refractivity contribution in [1.82, 2.24) is 10.6 Å². The second-order valence-electron chi connectivity index (χ2n) is 4.96. The summed E-state index contributed by atoms with van der Waals surface area (Å²) in [5.74, 6) is 1.01. The molecular formula is C13H28N2. The number of hydrogen-bond donors (Lipinski definition) is 2. The first-order chi connectivity index (χ1) is 7.33. The normalized spacial score (nSPS) is 20.4. The summed E-state index contributed by atoms with van der Waals surface area (Å²) in [4.78, 5) is 0. The maximum Gasteiger partial charge on any atom is 0.0164 e. The van der Waals surface area contributed by atoms with Crippen LogP contribution < -0.4 is 10.6 Å². The van der Waals surface area contributed by atoms with Gasteiger partial charge in [-0.1, -0.05) is 39.0 Å². The van der Waals surface area contributed by atoms with Crippen molar-refractivity contribution < 1.29 is 0 Å². The minimum absolute atomic E-state index is 0.619. The van der Waals surface area contributed by atoms with Crippen LogP contribution in [0.25, 0.3) is 0 Å². The zero-order valence-corrected chi connectivity index (χ0v) is 10.5. The summed E-state index contributed by atoms with van der Waals surface area (Å²) in [6.45, 7) is 7.81. The van der Waals surface area contributed by atoms with Crippen LogP contribution >= 0.6 is 0 Å². The molecule has 1 fully saturated rings. The fraction of sp³-hybridized carbons (Fsp3) is 1.00. The van der Waals surface area contributed by atoms with E-state index < -0.39 is 0 Å². The van der Waals surface area contributed by atoms with Crippen LogP contribution in [-0.4, -0.2) is 25.7 Å². The Hall–Kier alpha value is -0.0800. The number of hydrogen-bond acceptors (Lipinski definition) is 2. The molecule has 1 unspecified atom stereocenters. The van der Waals surface area contributed by atoms with Crippen LogP contribution in [0.2, 0.25) is 0 Å². The van der Waals surface area contributed by atoms with Crippen LogP contribution in [0.4, 0.5) is 0 Å². The zero-order chi connectivity index (χ0) is 10.9. The van der Waals surface area contributed by atoms with Crippen molar-refractivity contribution in [2.24, 2.45) is 5.92 Å². The first-order valence-electron chi connectivity index (χ1n) is 6.77. The van der Waals surface area contributed by atoms with E-state index in [0.29, 0.717) is 6.04 Å². The molecule has 2 N–H and O–H groups in total. The smallest absolute Gasteiger partial charge is 0.0164 e. The highest BCUT2D eigenvalue weighted by Crippen LogP contribution is 2.25. The van der Waals surface area contributed by atoms with Crippen LogP contribution in [-0.2, 0) is 0 Å². The summed E-state index contributed by atoms with van der Waals surface area (Å²) in [5.41, 5.74) is 0. The summed E-state index contributed by atoms with van der Waals surface area (Å²) in [7, 11) is 0. The molecular weight excluding hydrogens is 184 g/mol. The first kappa shape index (κ1) is 13.0. The van der Waals surface area contributed by atoms with E-state index in [1.807, 2.05) is 0 Å². The molecule has 90 valence electrons. The molecule has 0 radical (unpaired) electrons. The van der Waals surface area contributed by atoms with Gasteiger partial charge in [-0.25, -0.2) is 0 Å². The summed E-state index contributed by atoms with van der Waals surface area (Å²) in [5, 5.41) is 6.98. The lowest BCUT2D eigenvalue weighted by Gasteiger charge is -2.22. The minimum atomic E-state index is 0.619. The van der Waals surface area contributed by atoms with Gasteiger partial charge < -0.3 is 10.6 Å². The first-order valence-corrected chi connectivity index (χ1v) is 6.77. The van der Waals surface area contributed by atoms with E-state index in [9.17, 15) is 0 Å². The standard InChI is InChI=1S/C13H28N2/c1-3-14-11-12(2)15-10-9-13-7-5-4-6-8-13/h12-15H,3-11H2,1-2H3. The Kier molecular flexibility index (Phi) is 7.03. The molecule has 2 heteroatoms. The Morgan fingerprint density at radius 2 is 1.93 bits per heavy atom. The van der Waals surface area contributed by atoms with Crippen LogP contribution in [0.3, 0.4) is 0 Å². The Morgan fingerprint density at radius 3 is 2.60 bits per heavy atom. The highest BCUT2D eigenvalue weighted by Gasteiger charge is 2.12. The average Bonchev–Trinajstić information content (AvgIpc) is 2.28. The lowest BCUT2D eigenvalue weighted by Crippen LogP contribution is -2.37. The van der Waals surface area contributed by atoms with E-state index in [1.165, 1.54) is 45.1 Å². The molecule has 0 saturated heterocycles. The SMILES string of the molecule is CCNCC(C)NCCC1CCCCC1. The van der Waals surface area contributed by atoms with Crippen molar-refractivity contribution >= 4 is 0 Å². The second kappa shape index (κ2) is 8.12. The molecule has 1 aliphatic carbocycles. The van der Waals surface area contributed by atoms with E-state index in [-0.39, 0.29) is 0 Å². The van der Waals surface area contributed by atoms with Gasteiger partial charge in [0.25, 0.3) is 0 Å². The molecule has 1 aliphatic rings. The summed E-state index contributed by atoms with van der Waals surface area (Å²) in [6, 6.07) is 0.619. The molecule has 1 rings (SSSR count). The summed E-state index contributed by atoms with van der Waals surface area (Å²) >= 11 is 0. The molecule has 0 aromatic carbocycles. The predicted octanol–water partition coefficient (Wildman–Crippen LogP) is 2.54. The average molecular weight is 212 g/mol. The molecule has 1 saturated carbocycles. The van der Waals surface area contributed by atoms with Crippen LogP contribution in [0.1, 0.15) is 52.4 Å². The number of nitrogens with one attached hydrogen (secondary N) is 2. The van der Waals surface area contributed by atoms with Gasteiger partial charge in [-0.3, -0.25) is 0 Å². The molecule has 0 aromatic heterocycles. The van der Waals surface area contributed by atoms with Gasteiger partial charge in [-0.2, -0.15) is 0 Å². The molecule has 0 heterocycles. The number of likely N-dealkylation sites (N-methyl/N-ethyl adjacent to an activating group) is 1. The van der Waals surface area contributed by atoms with Gasteiger partial charge in [-0.05, 0) is 32.4 Å². The minimum Gasteiger partial charge on any atom is -0.315 e. The topological polar surface area (TPSA) is 24.1 Å². The molecule has 2 nitrogen and oxygen atoms in total. The molecule has 0 bridgehead atoms. The van der Waals surface area contributed by atoms with E-state index in [0.717, 1.165) is 19.0 Å². The number of rotatable bonds is 7. The Balaban J connectivity index is 1.94. The predicted molar refractivity (Wildman–Crippen MR) is 67.2 cm³/mol. The third-order valence-corrected chi connectivity index (χ3v) is 3.47. The van der Waals surface area contributed by atoms with E-state index >= 15 is 0 Å². The Labute approximate surface area is 95.2 Å². The lowest BCUT2D eigenvalue weighted by molar-refractivity contribution is 0.328. The summed E-state index contributed by atoms with van der Waals surface area (Å²) in [6.07, 6.45) is 8.75. The largest absolute Gasteiger partial charge is 0.315 e. The van der Waals surface area contributed by atoms with Crippen molar-refractivity contribution in [3.63, 3.8) is 0 Å². The van der Waals surface area contributed by atoms with E-state index in [1.54, 1.807) is 0 Å². The van der Waals surface area contributed by atoms with Crippen molar-refractivity contribution in [3.8, 4) is 0 Å². The molecule has 1 atom stereocenters. The van der Waals surface area contributed by atoms with Crippen LogP contribution in [0.15, 0.2) is 0 Å². The molecule has 0 aliphatic heterocycles. The maximum atomic E-state index is 3.60. The second-order valence-corrected chi connectivity index (χ2v) is 4.96. The van der Waals surface area contributed by atoms with Crippen LogP contribution in [0, 0.1) is 5.92 Å². The van der Waals surface area contributed by atoms with Gasteiger partial charge in [0.1, 0.15) is 0 Å². The van der Waals surface area contributed by atoms with Gasteiger partial charge in [0.15, 0.2) is 0 Å². The van der Waals surface area contributed by atoms with Gasteiger partial charge in [0, 0.05) is 12.6 Å². The zero-order valence-electron chi connectivity index (χ0n) is 10.5. The van der Waals surface area contributed by atoms with Crippen molar-refractivity contribution in [3.05, 3.63) is 0 Å². The molecule has 0 spiro atoms. The molecule has 0 amide bonds. The quantitative estimate of drug-likeness (QED) is 0.678. The van der Waals surface area contributed by atoms with Crippen LogP contribution in [0.5, 0.6) is 0 Å². The molecule has 0 aromatic rings. The monoisotopic (exact) mass is 212 g/mol. The van der Waals surface area contributed by atoms with Gasteiger partial charge in [0.05, 0.1) is 0 Å². The fourth-order valence-corrected chi connectivity index (χ4v) is 2.44. The Bertz CT molecular complexity index is 141. The Morgan fingerprint density at radius 1 is 1.20 bits per heavy atom. The van der Waals surface area contributed by atoms with Gasteiger partial charge in [0.2, 0.25) is 0 Å². The highest BCUT2D eigenvalue weighted by atomic mass is 15.0. The highest BCUT2D eigenvalue weighted by molar-refractivity contribution is 4.69. The maximum absolute atomic E-state index is 3.60. The van der Waals surface area contributed by atoms with Crippen molar-refractivity contribution in [2.45, 2.75) is 58.4 Å². The van der Waals surface area contributed by atoms with Gasteiger partial charge >= 0.3 is 0 Å². The van der Waals surface area contributed by atoms with Crippen molar-refractivity contribution in [2.75, 3.05) is 19.6 Å². The van der Waals surface area contributed by atoms with Gasteiger partial charge in [-0.15, -0.1) is 0 Å². The summed E-state index contributed by atoms with van der Waals surface area (Å²) < 4.78 is 0. The fourth-order valence-electron chi connectivity index (χ4n) is 2.44.